The Labute approximate surface area is 374 Å². The molecule has 12 nitrogen and oxygen atoms in total. The molecule has 0 saturated carbocycles. The fourth-order valence-corrected chi connectivity index (χ4v) is 7.80. The molecule has 0 fully saturated rings. The molecular formula is C48H40F6N10O2. The number of nitrogens with zero attached hydrogens (tertiary/aromatic N) is 10. The summed E-state index contributed by atoms with van der Waals surface area (Å²) in [6.07, 6.45) is 13.1. The first-order chi connectivity index (χ1) is 31.8. The predicted molar refractivity (Wildman–Crippen MR) is 232 cm³/mol. The smallest absolute Gasteiger partial charge is 0.194 e. The minimum atomic E-state index is -1.51. The number of fused-ring (bicyclic) bond motifs is 2. The summed E-state index contributed by atoms with van der Waals surface area (Å²) in [5, 5.41) is 8.92. The van der Waals surface area contributed by atoms with Gasteiger partial charge in [-0.15, -0.1) is 0 Å². The average Bonchev–Trinajstić information content (AvgIpc) is 4.12. The molecule has 0 N–H and O–H groups in total. The highest BCUT2D eigenvalue weighted by atomic mass is 19.2. The highest BCUT2D eigenvalue weighted by molar-refractivity contribution is 5.69. The van der Waals surface area contributed by atoms with Crippen LogP contribution in [-0.2, 0) is 22.6 Å². The third-order valence-electron chi connectivity index (χ3n) is 11.0. The van der Waals surface area contributed by atoms with Crippen molar-refractivity contribution in [1.82, 2.24) is 48.6 Å². The molecule has 4 aromatic heterocycles. The fraction of sp³-hybridized carbons (Fsp3) is 0.208. The first-order valence-corrected chi connectivity index (χ1v) is 20.8. The molecule has 0 unspecified atom stereocenters. The van der Waals surface area contributed by atoms with Crippen LogP contribution < -0.4 is 0 Å². The van der Waals surface area contributed by atoms with Gasteiger partial charge in [-0.3, -0.25) is 0 Å². The van der Waals surface area contributed by atoms with Gasteiger partial charge in [0.1, 0.15) is 12.2 Å². The van der Waals surface area contributed by atoms with Crippen molar-refractivity contribution in [3.8, 4) is 11.4 Å². The molecule has 2 aliphatic rings. The van der Waals surface area contributed by atoms with Crippen LogP contribution in [0.15, 0.2) is 85.7 Å². The maximum absolute atomic E-state index is 13.7. The van der Waals surface area contributed by atoms with Crippen molar-refractivity contribution in [2.45, 2.75) is 53.0 Å². The SMILES string of the molecule is Cc1cn(-c2ccc(/C=C/c3nc4n(n3)CCO[C@@H]4c3cc(F)c(F)c(F)c3)cc2C)cn1.Cc1cn(-c2ccc(/C=C/c3nc4n(n3)CCO[C@H]4c3cc(F)c(F)c(F)c3)cc2C)cn1. The van der Waals surface area contributed by atoms with E-state index in [1.54, 1.807) is 34.2 Å². The molecule has 10 rings (SSSR count). The molecule has 2 atom stereocenters. The Balaban J connectivity index is 0.000000166. The van der Waals surface area contributed by atoms with Crippen molar-refractivity contribution in [3.63, 3.8) is 0 Å². The number of benzene rings is 4. The number of aryl methyl sites for hydroxylation is 4. The monoisotopic (exact) mass is 902 g/mol. The second-order valence-corrected chi connectivity index (χ2v) is 15.8. The van der Waals surface area contributed by atoms with Crippen molar-refractivity contribution in [2.75, 3.05) is 13.2 Å². The highest BCUT2D eigenvalue weighted by Gasteiger charge is 2.30. The zero-order chi connectivity index (χ0) is 46.2. The Bertz CT molecular complexity index is 2910. The van der Waals surface area contributed by atoms with Crippen LogP contribution in [0.25, 0.3) is 35.7 Å². The highest BCUT2D eigenvalue weighted by Crippen LogP contribution is 2.32. The van der Waals surface area contributed by atoms with Gasteiger partial charge in [0.15, 0.2) is 58.2 Å². The molecular weight excluding hydrogens is 863 g/mol. The van der Waals surface area contributed by atoms with Gasteiger partial charge in [0.2, 0.25) is 0 Å². The number of halogens is 6. The van der Waals surface area contributed by atoms with Gasteiger partial charge in [-0.05, 0) is 122 Å². The number of ether oxygens (including phenoxy) is 2. The van der Waals surface area contributed by atoms with Gasteiger partial charge >= 0.3 is 0 Å². The van der Waals surface area contributed by atoms with Crippen LogP contribution in [0.2, 0.25) is 0 Å². The van der Waals surface area contributed by atoms with E-state index in [0.717, 1.165) is 69.3 Å². The summed E-state index contributed by atoms with van der Waals surface area (Å²) < 4.78 is 100. The van der Waals surface area contributed by atoms with Crippen LogP contribution in [0.1, 0.15) is 80.3 Å². The van der Waals surface area contributed by atoms with Crippen molar-refractivity contribution >= 4 is 24.3 Å². The Morgan fingerprint density at radius 1 is 0.530 bits per heavy atom. The molecule has 0 saturated heterocycles. The normalized spacial score (nSPS) is 15.8. The topological polar surface area (TPSA) is 116 Å². The Hall–Kier alpha value is -7.44. The van der Waals surface area contributed by atoms with E-state index in [-0.39, 0.29) is 11.1 Å². The molecule has 336 valence electrons. The van der Waals surface area contributed by atoms with Crippen LogP contribution in [-0.4, -0.2) is 61.8 Å². The molecule has 0 aliphatic carbocycles. The standard InChI is InChI=1S/2C24H20F3N5O/c2*1-14-9-16(3-5-20(14)31-12-15(2)28-13-31)4-6-21-29-24-23(33-8-7-32(24)30-21)17-10-18(25)22(27)19(26)11-17/h2*3-6,9-13,23H,7-8H2,1-2H3/b2*6-4+/t2*23-/m10/s1. The lowest BCUT2D eigenvalue weighted by Crippen LogP contribution is -2.24. The van der Waals surface area contributed by atoms with Gasteiger partial charge in [0, 0.05) is 23.8 Å². The van der Waals surface area contributed by atoms with E-state index in [0.29, 0.717) is 49.6 Å². The number of hydrogen-bond donors (Lipinski definition) is 0. The third-order valence-corrected chi connectivity index (χ3v) is 11.0. The van der Waals surface area contributed by atoms with Crippen LogP contribution in [0.5, 0.6) is 0 Å². The second-order valence-electron chi connectivity index (χ2n) is 15.8. The van der Waals surface area contributed by atoms with Crippen molar-refractivity contribution in [3.05, 3.63) is 189 Å². The lowest BCUT2D eigenvalue weighted by atomic mass is 10.1. The van der Waals surface area contributed by atoms with E-state index in [1.807, 2.05) is 97.8 Å². The first-order valence-electron chi connectivity index (χ1n) is 20.8. The van der Waals surface area contributed by atoms with Crippen LogP contribution >= 0.6 is 0 Å². The zero-order valence-electron chi connectivity index (χ0n) is 35.9. The molecule has 0 amide bonds. The van der Waals surface area contributed by atoms with Crippen molar-refractivity contribution < 1.29 is 35.8 Å². The average molecular weight is 903 g/mol. The first kappa shape index (κ1) is 43.8. The summed E-state index contributed by atoms with van der Waals surface area (Å²) in [4.78, 5) is 17.5. The molecule has 0 spiro atoms. The van der Waals surface area contributed by atoms with Crippen LogP contribution in [0.3, 0.4) is 0 Å². The van der Waals surface area contributed by atoms with Gasteiger partial charge in [-0.1, -0.05) is 24.3 Å². The molecule has 6 heterocycles. The van der Waals surface area contributed by atoms with E-state index in [9.17, 15) is 26.3 Å². The van der Waals surface area contributed by atoms with Crippen molar-refractivity contribution in [2.24, 2.45) is 0 Å². The molecule has 4 aromatic carbocycles. The molecule has 66 heavy (non-hydrogen) atoms. The number of aromatic nitrogens is 10. The summed E-state index contributed by atoms with van der Waals surface area (Å²) in [6, 6.07) is 15.8. The van der Waals surface area contributed by atoms with E-state index in [1.165, 1.54) is 0 Å². The minimum absolute atomic E-state index is 0.149. The second kappa shape index (κ2) is 18.2. The van der Waals surface area contributed by atoms with Gasteiger partial charge in [0.05, 0.1) is 50.3 Å². The van der Waals surface area contributed by atoms with Crippen LogP contribution in [0.4, 0.5) is 26.3 Å². The summed E-state index contributed by atoms with van der Waals surface area (Å²) in [7, 11) is 0. The Morgan fingerprint density at radius 2 is 0.924 bits per heavy atom. The van der Waals surface area contributed by atoms with Gasteiger partial charge in [0.25, 0.3) is 0 Å². The Morgan fingerprint density at radius 3 is 1.27 bits per heavy atom. The zero-order valence-corrected chi connectivity index (χ0v) is 35.9. The minimum Gasteiger partial charge on any atom is -0.364 e. The lowest BCUT2D eigenvalue weighted by molar-refractivity contribution is 0.0384. The maximum atomic E-state index is 13.7. The van der Waals surface area contributed by atoms with E-state index < -0.39 is 47.1 Å². The van der Waals surface area contributed by atoms with E-state index in [4.69, 9.17) is 9.47 Å². The Kier molecular flexibility index (Phi) is 12.1. The van der Waals surface area contributed by atoms with Crippen LogP contribution in [0, 0.1) is 62.6 Å². The quantitative estimate of drug-likeness (QED) is 0.109. The molecule has 2 aliphatic heterocycles. The molecule has 0 bridgehead atoms. The number of hydrogen-bond acceptors (Lipinski definition) is 8. The van der Waals surface area contributed by atoms with E-state index >= 15 is 0 Å². The summed E-state index contributed by atoms with van der Waals surface area (Å²) in [6.45, 7) is 9.43. The van der Waals surface area contributed by atoms with Gasteiger partial charge in [-0.2, -0.15) is 10.2 Å². The fourth-order valence-electron chi connectivity index (χ4n) is 7.80. The lowest BCUT2D eigenvalue weighted by Gasteiger charge is -2.23. The maximum Gasteiger partial charge on any atom is 0.194 e. The number of rotatable bonds is 8. The summed E-state index contributed by atoms with van der Waals surface area (Å²) >= 11 is 0. The predicted octanol–water partition coefficient (Wildman–Crippen LogP) is 9.58. The van der Waals surface area contributed by atoms with E-state index in [2.05, 4.69) is 30.1 Å². The molecule has 0 radical (unpaired) electrons. The summed E-state index contributed by atoms with van der Waals surface area (Å²) in [5.74, 6) is -6.39. The summed E-state index contributed by atoms with van der Waals surface area (Å²) in [5.41, 5.74) is 8.38. The third kappa shape index (κ3) is 9.09. The molecule has 8 aromatic rings. The molecule has 18 heteroatoms. The largest absolute Gasteiger partial charge is 0.364 e. The van der Waals surface area contributed by atoms with Gasteiger partial charge in [-0.25, -0.2) is 55.6 Å². The van der Waals surface area contributed by atoms with Crippen molar-refractivity contribution in [1.29, 1.82) is 0 Å². The number of imidazole rings is 2. The van der Waals surface area contributed by atoms with Gasteiger partial charge < -0.3 is 18.6 Å².